The van der Waals surface area contributed by atoms with Gasteiger partial charge in [-0.25, -0.2) is 0 Å². The van der Waals surface area contributed by atoms with E-state index in [1.54, 1.807) is 0 Å². The second kappa shape index (κ2) is 3.10. The summed E-state index contributed by atoms with van der Waals surface area (Å²) in [5, 5.41) is 0. The second-order valence-electron chi connectivity index (χ2n) is 3.78. The van der Waals surface area contributed by atoms with Crippen molar-refractivity contribution in [1.82, 2.24) is 10.0 Å². The molecule has 15 heavy (non-hydrogen) atoms. The second-order valence-corrected chi connectivity index (χ2v) is 3.78. The van der Waals surface area contributed by atoms with Crippen molar-refractivity contribution in [3.05, 3.63) is 41.7 Å². The number of hydrogen-bond donors (Lipinski definition) is 2. The van der Waals surface area contributed by atoms with Crippen LogP contribution in [0.2, 0.25) is 0 Å². The van der Waals surface area contributed by atoms with E-state index in [1.807, 2.05) is 44.3 Å². The van der Waals surface area contributed by atoms with Crippen LogP contribution in [0.25, 0.3) is 0 Å². The maximum absolute atomic E-state index is 11.5. The number of nitrogens with one attached hydrogen (secondary N) is 1. The molecule has 0 bridgehead atoms. The van der Waals surface area contributed by atoms with Gasteiger partial charge in [0.1, 0.15) is 7.05 Å². The summed E-state index contributed by atoms with van der Waals surface area (Å²) in [5.74, 6) is -0.209. The summed E-state index contributed by atoms with van der Waals surface area (Å²) >= 11 is 0. The van der Waals surface area contributed by atoms with Gasteiger partial charge in [0.05, 0.1) is 0 Å². The molecule has 4 nitrogen and oxygen atoms in total. The van der Waals surface area contributed by atoms with E-state index < -0.39 is 0 Å². The molecule has 1 atom stereocenters. The molecule has 1 aliphatic rings. The van der Waals surface area contributed by atoms with Gasteiger partial charge in [0.25, 0.3) is 0 Å². The molecule has 1 amide bonds. The number of benzene rings is 1. The lowest BCUT2D eigenvalue weighted by Gasteiger charge is -2.27. The smallest absolute Gasteiger partial charge is 0.318 e. The molecule has 78 valence electrons. The van der Waals surface area contributed by atoms with Gasteiger partial charge in [-0.2, -0.15) is 10.0 Å². The molecular weight excluding hydrogens is 190 g/mol. The van der Waals surface area contributed by atoms with Crippen LogP contribution in [0.1, 0.15) is 6.92 Å². The monoisotopic (exact) mass is 204 g/mol. The van der Waals surface area contributed by atoms with Gasteiger partial charge in [-0.15, -0.1) is 0 Å². The lowest BCUT2D eigenvalue weighted by molar-refractivity contribution is -0.119. The highest BCUT2D eigenvalue weighted by Crippen LogP contribution is 2.28. The summed E-state index contributed by atoms with van der Waals surface area (Å²) in [7, 11) is 1.91. The quantitative estimate of drug-likeness (QED) is 0.666. The average Bonchev–Trinajstić information content (AvgIpc) is 2.45. The van der Waals surface area contributed by atoms with Crippen molar-refractivity contribution in [2.24, 2.45) is 5.73 Å². The maximum Gasteiger partial charge on any atom is 0.318 e. The van der Waals surface area contributed by atoms with E-state index in [0.717, 1.165) is 11.4 Å². The molecule has 3 N–H and O–H groups in total. The Kier molecular flexibility index (Phi) is 2.01. The van der Waals surface area contributed by atoms with Crippen molar-refractivity contribution < 1.29 is 4.79 Å². The van der Waals surface area contributed by atoms with Crippen LogP contribution < -0.4 is 15.8 Å². The first-order chi connectivity index (χ1) is 7.05. The number of amides is 1. The summed E-state index contributed by atoms with van der Waals surface area (Å²) in [6, 6.07) is 9.74. The third-order valence-electron chi connectivity index (χ3n) is 2.90. The highest BCUT2D eigenvalue weighted by Gasteiger charge is 2.40. The molecule has 1 heterocycles. The molecule has 0 aliphatic carbocycles. The standard InChI is InChI=1S/C11H13N3O/c1-8-10(12)11(15)13-14(8,2)9-6-4-3-5-7-9/h3-7H,12H2,1-2H3/p+1. The first-order valence-electron chi connectivity index (χ1n) is 4.77. The number of carbonyl (C=O) groups excluding carboxylic acids is 1. The lowest BCUT2D eigenvalue weighted by Crippen LogP contribution is -2.52. The van der Waals surface area contributed by atoms with Gasteiger partial charge in [0.15, 0.2) is 17.1 Å². The number of para-hydroxylation sites is 1. The van der Waals surface area contributed by atoms with E-state index >= 15 is 0 Å². The van der Waals surface area contributed by atoms with Gasteiger partial charge < -0.3 is 5.73 Å². The Balaban J connectivity index is 2.51. The fourth-order valence-corrected chi connectivity index (χ4v) is 1.74. The fraction of sp³-hybridized carbons (Fsp3) is 0.182. The van der Waals surface area contributed by atoms with Crippen LogP contribution in [0.3, 0.4) is 0 Å². The third kappa shape index (κ3) is 1.30. The van der Waals surface area contributed by atoms with Gasteiger partial charge in [-0.1, -0.05) is 18.2 Å². The van der Waals surface area contributed by atoms with Gasteiger partial charge in [0.2, 0.25) is 0 Å². The molecule has 2 rings (SSSR count). The van der Waals surface area contributed by atoms with Crippen LogP contribution >= 0.6 is 0 Å². The van der Waals surface area contributed by atoms with Crippen molar-refractivity contribution in [2.75, 3.05) is 7.05 Å². The van der Waals surface area contributed by atoms with E-state index in [1.165, 1.54) is 0 Å². The van der Waals surface area contributed by atoms with Crippen LogP contribution in [0, 0.1) is 0 Å². The molecule has 0 saturated heterocycles. The zero-order valence-electron chi connectivity index (χ0n) is 8.82. The number of nitrogens with zero attached hydrogens (tertiary/aromatic N) is 1. The van der Waals surface area contributed by atoms with Gasteiger partial charge in [0, 0.05) is 19.1 Å². The van der Waals surface area contributed by atoms with E-state index in [0.29, 0.717) is 5.70 Å². The Hall–Kier alpha value is -1.81. The molecule has 1 unspecified atom stereocenters. The van der Waals surface area contributed by atoms with Crippen LogP contribution in [-0.2, 0) is 4.79 Å². The topological polar surface area (TPSA) is 55.1 Å². The molecule has 0 fully saturated rings. The number of nitrogens with two attached hydrogens (primary N) is 1. The minimum atomic E-state index is -0.209. The molecule has 0 radical (unpaired) electrons. The molecule has 1 aliphatic heterocycles. The maximum atomic E-state index is 11.5. The van der Waals surface area contributed by atoms with Gasteiger partial charge >= 0.3 is 5.91 Å². The molecule has 0 aromatic heterocycles. The van der Waals surface area contributed by atoms with Crippen LogP contribution in [0.5, 0.6) is 0 Å². The zero-order chi connectivity index (χ0) is 11.1. The molecule has 0 spiro atoms. The Labute approximate surface area is 88.6 Å². The Morgan fingerprint density at radius 2 is 1.87 bits per heavy atom. The zero-order valence-corrected chi connectivity index (χ0v) is 8.82. The molecule has 4 heteroatoms. The highest BCUT2D eigenvalue weighted by atomic mass is 16.2. The average molecular weight is 204 g/mol. The first kappa shape index (κ1) is 9.73. The van der Waals surface area contributed by atoms with Crippen LogP contribution in [-0.4, -0.2) is 13.0 Å². The minimum absolute atomic E-state index is 0.209. The third-order valence-corrected chi connectivity index (χ3v) is 2.90. The predicted molar refractivity (Wildman–Crippen MR) is 59.2 cm³/mol. The summed E-state index contributed by atoms with van der Waals surface area (Å²) in [4.78, 5) is 11.5. The lowest BCUT2D eigenvalue weighted by atomic mass is 10.2. The highest BCUT2D eigenvalue weighted by molar-refractivity contribution is 5.97. The van der Waals surface area contributed by atoms with E-state index in [4.69, 9.17) is 5.73 Å². The summed E-state index contributed by atoms with van der Waals surface area (Å²) in [6.45, 7) is 1.86. The fourth-order valence-electron chi connectivity index (χ4n) is 1.74. The SMILES string of the molecule is CC1=C(N)C(=O)N[N+]1(C)c1ccccc1. The van der Waals surface area contributed by atoms with Gasteiger partial charge in [-0.3, -0.25) is 4.79 Å². The predicted octanol–water partition coefficient (Wildman–Crippen LogP) is 0.859. The van der Waals surface area contributed by atoms with Crippen molar-refractivity contribution in [1.29, 1.82) is 0 Å². The number of hydrogen-bond acceptors (Lipinski definition) is 2. The molecular formula is C11H14N3O+. The van der Waals surface area contributed by atoms with Crippen LogP contribution in [0.4, 0.5) is 5.69 Å². The number of rotatable bonds is 1. The molecule has 1 aromatic carbocycles. The number of quaternary nitrogens is 1. The van der Waals surface area contributed by atoms with E-state index in [9.17, 15) is 4.79 Å². The van der Waals surface area contributed by atoms with Gasteiger partial charge in [-0.05, 0) is 0 Å². The summed E-state index contributed by atoms with van der Waals surface area (Å²) in [5.41, 5.74) is 10.7. The largest absolute Gasteiger partial charge is 0.389 e. The van der Waals surface area contributed by atoms with Crippen molar-refractivity contribution in [2.45, 2.75) is 6.92 Å². The Bertz CT molecular complexity index is 438. The number of carbonyl (C=O) groups is 1. The van der Waals surface area contributed by atoms with Crippen molar-refractivity contribution >= 4 is 11.6 Å². The normalized spacial score (nSPS) is 25.6. The summed E-state index contributed by atoms with van der Waals surface area (Å²) < 4.78 is 0.255. The Morgan fingerprint density at radius 3 is 2.33 bits per heavy atom. The summed E-state index contributed by atoms with van der Waals surface area (Å²) in [6.07, 6.45) is 0. The minimum Gasteiger partial charge on any atom is -0.389 e. The van der Waals surface area contributed by atoms with Crippen molar-refractivity contribution in [3.8, 4) is 0 Å². The molecule has 1 aromatic rings. The molecule has 0 saturated carbocycles. The van der Waals surface area contributed by atoms with E-state index in [-0.39, 0.29) is 10.5 Å². The number of allylic oxidation sites excluding steroid dienone is 1. The Morgan fingerprint density at radius 1 is 1.27 bits per heavy atom. The first-order valence-corrected chi connectivity index (χ1v) is 4.77. The van der Waals surface area contributed by atoms with E-state index in [2.05, 4.69) is 5.43 Å². The van der Waals surface area contributed by atoms with Crippen LogP contribution in [0.15, 0.2) is 41.7 Å². The van der Waals surface area contributed by atoms with Crippen molar-refractivity contribution in [3.63, 3.8) is 0 Å².